The highest BCUT2D eigenvalue weighted by molar-refractivity contribution is 6.35. The fourth-order valence-corrected chi connectivity index (χ4v) is 13.9. The summed E-state index contributed by atoms with van der Waals surface area (Å²) in [5.41, 5.74) is 17.4. The van der Waals surface area contributed by atoms with Crippen molar-refractivity contribution in [2.45, 2.75) is 184 Å². The molecule has 492 valence electrons. The number of fused-ring (bicyclic) bond motifs is 1. The van der Waals surface area contributed by atoms with Gasteiger partial charge in [-0.15, -0.1) is 0 Å². The monoisotopic (exact) mass is 1320 g/mol. The van der Waals surface area contributed by atoms with Crippen LogP contribution in [-0.2, 0) is 19.3 Å². The molecule has 6 aliphatic rings. The second kappa shape index (κ2) is 34.4. The second-order valence-electron chi connectivity index (χ2n) is 26.9. The first-order chi connectivity index (χ1) is 44.1. The van der Waals surface area contributed by atoms with E-state index < -0.39 is 0 Å². The third-order valence-corrected chi connectivity index (χ3v) is 19.1. The number of nitrogens with zero attached hydrogens (tertiary/aromatic N) is 2. The van der Waals surface area contributed by atoms with Crippen LogP contribution in [0.1, 0.15) is 215 Å². The Balaban J connectivity index is 0.000000140. The van der Waals surface area contributed by atoms with Crippen molar-refractivity contribution in [1.82, 2.24) is 4.98 Å². The van der Waals surface area contributed by atoms with E-state index in [1.807, 2.05) is 42.6 Å². The van der Waals surface area contributed by atoms with E-state index in [2.05, 4.69) is 191 Å². The van der Waals surface area contributed by atoms with E-state index in [0.29, 0.717) is 47.1 Å². The van der Waals surface area contributed by atoms with E-state index in [1.165, 1.54) is 106 Å². The molecule has 1 aromatic heterocycles. The molecule has 0 atom stereocenters. The van der Waals surface area contributed by atoms with Gasteiger partial charge in [0.25, 0.3) is 0 Å². The van der Waals surface area contributed by atoms with Crippen molar-refractivity contribution in [3.8, 4) is 23.0 Å². The van der Waals surface area contributed by atoms with E-state index in [4.69, 9.17) is 65.4 Å². The first-order valence-electron chi connectivity index (χ1n) is 34.0. The maximum Gasteiger partial charge on any atom is 0.144 e. The first-order valence-corrected chi connectivity index (χ1v) is 35.5. The molecule has 1 aliphatic carbocycles. The standard InChI is InChI=1S/C15H16O.C14H15NO.C14H19NO.C11H14ClNO.C9H10Cl2.C9H11Cl.C9H16/c1-10(2)12-6-7-14-15-11(8-9-16-14)4-3-5-13(12)15;1-9(2)11-3-4-12-13-10(6-8-16-12)5-7-15-14(11)13;1-10(2)11-5-6-13-14-12(11)4-3-7-15(14)8-9-16-13;1-7(2)8-3-4-9-11(10(8)12)13-5-6-14-9;1-6(2)8-4-3-7(10)5-9(8)11;1-7(2)8-3-5-9(10)6-4-8;1-8(2)9-6-4-3-5-7-9/h3-7,10H,8-9H2,1-2H3;3-5,7,9H,6,8H2,1-2H3;5-6,10H,3-4,7-9H2,1-2H3;3-4,7,13H,5-6H2,1-2H3;3-6H,1-2H3;3-7H,1-2H3;6,8H,3-5,7H2,1-2H3. The highest BCUT2D eigenvalue weighted by atomic mass is 35.5. The number of benzene rings is 7. The molecule has 0 bridgehead atoms. The number of ether oxygens (including phenoxy) is 4. The van der Waals surface area contributed by atoms with Gasteiger partial charge in [0.05, 0.1) is 41.7 Å². The van der Waals surface area contributed by atoms with E-state index >= 15 is 0 Å². The molecule has 0 amide bonds. The number of anilines is 2. The van der Waals surface area contributed by atoms with Crippen LogP contribution in [0.15, 0.2) is 133 Å². The van der Waals surface area contributed by atoms with Gasteiger partial charge in [-0.25, -0.2) is 0 Å². The molecule has 5 aliphatic heterocycles. The molecule has 0 saturated carbocycles. The molecular weight excluding hydrogens is 1220 g/mol. The molecule has 7 nitrogen and oxygen atoms in total. The highest BCUT2D eigenvalue weighted by Crippen LogP contribution is 2.44. The number of hydrogen-bond acceptors (Lipinski definition) is 7. The Morgan fingerprint density at radius 2 is 1.03 bits per heavy atom. The predicted octanol–water partition coefficient (Wildman–Crippen LogP) is 24.1. The van der Waals surface area contributed by atoms with Gasteiger partial charge < -0.3 is 29.2 Å². The van der Waals surface area contributed by atoms with Crippen LogP contribution in [-0.4, -0.2) is 51.0 Å². The number of hydrogen-bond donors (Lipinski definition) is 1. The summed E-state index contributed by atoms with van der Waals surface area (Å²) in [5, 5.41) is 10.3. The lowest BCUT2D eigenvalue weighted by Gasteiger charge is -2.37. The summed E-state index contributed by atoms with van der Waals surface area (Å²) < 4.78 is 22.7. The van der Waals surface area contributed by atoms with Crippen molar-refractivity contribution >= 4 is 79.5 Å². The fraction of sp³-hybridized carbons (Fsp3) is 0.444. The number of allylic oxidation sites excluding steroid dienone is 2. The molecule has 92 heavy (non-hydrogen) atoms. The summed E-state index contributed by atoms with van der Waals surface area (Å²) in [6.07, 6.45) is 14.4. The summed E-state index contributed by atoms with van der Waals surface area (Å²) in [7, 11) is 0. The van der Waals surface area contributed by atoms with Gasteiger partial charge in [0.1, 0.15) is 36.2 Å². The van der Waals surface area contributed by atoms with Gasteiger partial charge in [-0.05, 0) is 190 Å². The van der Waals surface area contributed by atoms with Gasteiger partial charge in [-0.3, -0.25) is 4.98 Å². The van der Waals surface area contributed by atoms with E-state index in [0.717, 1.165) is 107 Å². The van der Waals surface area contributed by atoms with Gasteiger partial charge in [0.2, 0.25) is 0 Å². The zero-order valence-electron chi connectivity index (χ0n) is 57.3. The third-order valence-electron chi connectivity index (χ3n) is 17.9. The summed E-state index contributed by atoms with van der Waals surface area (Å²) >= 11 is 23.7. The number of halogens is 4. The zero-order valence-corrected chi connectivity index (χ0v) is 60.3. The average Bonchev–Trinajstić information content (AvgIpc) is 0.830. The number of aromatic nitrogens is 1. The van der Waals surface area contributed by atoms with Crippen LogP contribution in [0.4, 0.5) is 11.4 Å². The Labute approximate surface area is 571 Å². The maximum absolute atomic E-state index is 6.28. The normalized spacial score (nSPS) is 14.7. The van der Waals surface area contributed by atoms with Crippen LogP contribution in [0.25, 0.3) is 21.7 Å². The average molecular weight is 1320 g/mol. The summed E-state index contributed by atoms with van der Waals surface area (Å²) in [4.78, 5) is 7.03. The van der Waals surface area contributed by atoms with E-state index in [9.17, 15) is 0 Å². The minimum absolute atomic E-state index is 0.441. The SMILES string of the molecule is CC(C)C1=CCCCC1.CC(C)c1ccc(Cl)cc1.CC(C)c1ccc(Cl)cc1Cl.CC(C)c1ccc2c(c1Cl)NCCO2.CC(C)c1ccc2c3c(cccc13)CCO2.CC(C)c1ccc2c3c(ccnc13)CCO2.CC(C)c1ccc2c3c1CCCN3CCO2. The molecule has 0 saturated heterocycles. The molecule has 0 radical (unpaired) electrons. The lowest BCUT2D eigenvalue weighted by atomic mass is 9.89. The van der Waals surface area contributed by atoms with Crippen molar-refractivity contribution in [3.63, 3.8) is 0 Å². The molecule has 8 aromatic rings. The molecule has 6 heterocycles. The molecule has 11 heteroatoms. The topological polar surface area (TPSA) is 65.1 Å². The molecule has 14 rings (SSSR count). The lowest BCUT2D eigenvalue weighted by molar-refractivity contribution is 0.304. The Hall–Kier alpha value is -6.09. The molecule has 0 unspecified atom stereocenters. The third kappa shape index (κ3) is 18.6. The van der Waals surface area contributed by atoms with Crippen LogP contribution >= 0.6 is 46.4 Å². The van der Waals surface area contributed by atoms with Crippen molar-refractivity contribution < 1.29 is 18.9 Å². The minimum atomic E-state index is 0.441. The van der Waals surface area contributed by atoms with Crippen LogP contribution in [0, 0.1) is 5.92 Å². The second-order valence-corrected chi connectivity index (χ2v) is 28.6. The van der Waals surface area contributed by atoms with E-state index in [-0.39, 0.29) is 0 Å². The quantitative estimate of drug-likeness (QED) is 0.160. The Morgan fingerprint density at radius 1 is 0.457 bits per heavy atom. The first kappa shape index (κ1) is 71.8. The lowest BCUT2D eigenvalue weighted by Crippen LogP contribution is -2.37. The van der Waals surface area contributed by atoms with Crippen LogP contribution in [0.2, 0.25) is 20.1 Å². The summed E-state index contributed by atoms with van der Waals surface area (Å²) in [5.74, 6) is 7.98. The van der Waals surface area contributed by atoms with Gasteiger partial charge >= 0.3 is 0 Å². The van der Waals surface area contributed by atoms with Gasteiger partial charge in [-0.2, -0.15) is 0 Å². The molecule has 0 spiro atoms. The largest absolute Gasteiger partial charge is 0.493 e. The fourth-order valence-electron chi connectivity index (χ4n) is 12.8. The minimum Gasteiger partial charge on any atom is -0.493 e. The molecule has 1 N–H and O–H groups in total. The van der Waals surface area contributed by atoms with Crippen molar-refractivity contribution in [2.24, 2.45) is 5.92 Å². The Morgan fingerprint density at radius 3 is 1.65 bits per heavy atom. The molecule has 0 fully saturated rings. The maximum atomic E-state index is 6.28. The van der Waals surface area contributed by atoms with Crippen LogP contribution < -0.4 is 29.2 Å². The van der Waals surface area contributed by atoms with E-state index in [1.54, 1.807) is 17.2 Å². The van der Waals surface area contributed by atoms with Crippen LogP contribution in [0.5, 0.6) is 23.0 Å². The summed E-state index contributed by atoms with van der Waals surface area (Å²) in [6, 6.07) is 39.3. The molecular formula is C81H101Cl4N3O4. The highest BCUT2D eigenvalue weighted by Gasteiger charge is 2.28. The predicted molar refractivity (Wildman–Crippen MR) is 396 cm³/mol. The van der Waals surface area contributed by atoms with Crippen molar-refractivity contribution in [2.75, 3.05) is 56.3 Å². The summed E-state index contributed by atoms with van der Waals surface area (Å²) in [6.45, 7) is 37.1. The van der Waals surface area contributed by atoms with Gasteiger partial charge in [-0.1, -0.05) is 216 Å². The zero-order chi connectivity index (χ0) is 66.2. The van der Waals surface area contributed by atoms with Crippen molar-refractivity contribution in [3.05, 3.63) is 203 Å². The Kier molecular flexibility index (Phi) is 26.8. The van der Waals surface area contributed by atoms with Crippen LogP contribution in [0.3, 0.4) is 0 Å². The Bertz CT molecular complexity index is 3620. The number of nitrogens with one attached hydrogen (secondary N) is 1. The van der Waals surface area contributed by atoms with Gasteiger partial charge in [0.15, 0.2) is 0 Å². The van der Waals surface area contributed by atoms with Gasteiger partial charge in [0, 0.05) is 58.0 Å². The smallest absolute Gasteiger partial charge is 0.144 e. The van der Waals surface area contributed by atoms with Crippen molar-refractivity contribution in [1.29, 1.82) is 0 Å². The number of pyridine rings is 1. The molecule has 7 aromatic carbocycles. The number of rotatable bonds is 7.